The molecule has 178 valence electrons. The van der Waals surface area contributed by atoms with Crippen molar-refractivity contribution in [3.63, 3.8) is 0 Å². The first-order valence-corrected chi connectivity index (χ1v) is 12.9. The fourth-order valence-electron chi connectivity index (χ4n) is 3.66. The highest BCUT2D eigenvalue weighted by molar-refractivity contribution is 5.69. The number of carbonyl (C=O) groups excluding carboxylic acids is 2. The summed E-state index contributed by atoms with van der Waals surface area (Å²) in [5, 5.41) is 0. The van der Waals surface area contributed by atoms with Crippen LogP contribution in [0.5, 0.6) is 0 Å². The monoisotopic (exact) mass is 426 g/mol. The van der Waals surface area contributed by atoms with E-state index in [0.29, 0.717) is 32.0 Å². The Bertz CT molecular complexity index is 394. The summed E-state index contributed by atoms with van der Waals surface area (Å²) in [6, 6.07) is 0. The molecule has 0 amide bonds. The number of hydrogen-bond acceptors (Lipinski definition) is 4. The Labute approximate surface area is 186 Å². The Kier molecular flexibility index (Phi) is 21.8. The van der Waals surface area contributed by atoms with Gasteiger partial charge in [0.25, 0.3) is 0 Å². The van der Waals surface area contributed by atoms with E-state index < -0.39 is 0 Å². The van der Waals surface area contributed by atoms with Crippen molar-refractivity contribution in [1.29, 1.82) is 0 Å². The molecule has 0 spiro atoms. The Balaban J connectivity index is 3.51. The van der Waals surface area contributed by atoms with Crippen molar-refractivity contribution in [2.45, 2.75) is 136 Å². The van der Waals surface area contributed by atoms with Crippen LogP contribution in [0.3, 0.4) is 0 Å². The molecule has 0 saturated heterocycles. The van der Waals surface area contributed by atoms with Gasteiger partial charge in [-0.25, -0.2) is 0 Å². The van der Waals surface area contributed by atoms with E-state index in [4.69, 9.17) is 9.47 Å². The Morgan fingerprint density at radius 3 is 1.67 bits per heavy atom. The normalized spacial score (nSPS) is 12.0. The van der Waals surface area contributed by atoms with Crippen molar-refractivity contribution in [1.82, 2.24) is 0 Å². The van der Waals surface area contributed by atoms with E-state index in [0.717, 1.165) is 51.4 Å². The molecule has 0 radical (unpaired) electrons. The van der Waals surface area contributed by atoms with Crippen molar-refractivity contribution in [2.75, 3.05) is 13.2 Å². The van der Waals surface area contributed by atoms with Gasteiger partial charge in [-0.1, -0.05) is 97.8 Å². The predicted octanol–water partition coefficient (Wildman–Crippen LogP) is 7.77. The lowest BCUT2D eigenvalue weighted by Crippen LogP contribution is -2.12. The second kappa shape index (κ2) is 22.6. The fourth-order valence-corrected chi connectivity index (χ4v) is 3.66. The first-order chi connectivity index (χ1) is 14.6. The van der Waals surface area contributed by atoms with E-state index >= 15 is 0 Å². The van der Waals surface area contributed by atoms with Crippen LogP contribution < -0.4 is 0 Å². The van der Waals surface area contributed by atoms with E-state index in [-0.39, 0.29) is 11.9 Å². The second-order valence-corrected chi connectivity index (χ2v) is 8.70. The molecule has 0 rings (SSSR count). The highest BCUT2D eigenvalue weighted by Gasteiger charge is 2.13. The molecule has 0 aliphatic carbocycles. The average Bonchev–Trinajstić information content (AvgIpc) is 2.74. The van der Waals surface area contributed by atoms with E-state index in [1.54, 1.807) is 0 Å². The SMILES string of the molecule is CCCCCCOC(=O)CCCCCCCCC(CC)CC(=O)OCCCCCC. The minimum atomic E-state index is -0.0328. The molecule has 4 nitrogen and oxygen atoms in total. The van der Waals surface area contributed by atoms with Gasteiger partial charge in [0.2, 0.25) is 0 Å². The molecule has 0 fully saturated rings. The molecular formula is C26H50O4. The van der Waals surface area contributed by atoms with Crippen LogP contribution in [-0.4, -0.2) is 25.2 Å². The molecule has 0 aliphatic rings. The average molecular weight is 427 g/mol. The first kappa shape index (κ1) is 28.9. The Morgan fingerprint density at radius 1 is 0.600 bits per heavy atom. The zero-order valence-corrected chi connectivity index (χ0v) is 20.4. The van der Waals surface area contributed by atoms with Gasteiger partial charge in [-0.3, -0.25) is 9.59 Å². The molecule has 4 heteroatoms. The maximum Gasteiger partial charge on any atom is 0.306 e. The molecule has 0 saturated carbocycles. The van der Waals surface area contributed by atoms with Gasteiger partial charge in [0.15, 0.2) is 0 Å². The lowest BCUT2D eigenvalue weighted by Gasteiger charge is -2.14. The summed E-state index contributed by atoms with van der Waals surface area (Å²) in [6.07, 6.45) is 19.3. The zero-order chi connectivity index (χ0) is 22.3. The van der Waals surface area contributed by atoms with E-state index in [2.05, 4.69) is 20.8 Å². The highest BCUT2D eigenvalue weighted by Crippen LogP contribution is 2.19. The molecule has 1 unspecified atom stereocenters. The van der Waals surface area contributed by atoms with Gasteiger partial charge < -0.3 is 9.47 Å². The van der Waals surface area contributed by atoms with Crippen LogP contribution in [0, 0.1) is 5.92 Å². The number of ether oxygens (including phenoxy) is 2. The number of rotatable bonds is 22. The summed E-state index contributed by atoms with van der Waals surface area (Å²) in [4.78, 5) is 23.6. The quantitative estimate of drug-likeness (QED) is 0.131. The molecule has 0 aromatic heterocycles. The van der Waals surface area contributed by atoms with Crippen LogP contribution in [0.4, 0.5) is 0 Å². The third kappa shape index (κ3) is 20.2. The number of hydrogen-bond donors (Lipinski definition) is 0. The van der Waals surface area contributed by atoms with Crippen molar-refractivity contribution in [3.05, 3.63) is 0 Å². The fraction of sp³-hybridized carbons (Fsp3) is 0.923. The summed E-state index contributed by atoms with van der Waals surface area (Å²) in [6.45, 7) is 7.71. The molecule has 0 heterocycles. The van der Waals surface area contributed by atoms with Crippen molar-refractivity contribution >= 4 is 11.9 Å². The summed E-state index contributed by atoms with van der Waals surface area (Å²) >= 11 is 0. The van der Waals surface area contributed by atoms with Crippen LogP contribution in [0.25, 0.3) is 0 Å². The molecule has 0 N–H and O–H groups in total. The van der Waals surface area contributed by atoms with E-state index in [1.165, 1.54) is 51.4 Å². The van der Waals surface area contributed by atoms with Gasteiger partial charge >= 0.3 is 11.9 Å². The molecular weight excluding hydrogens is 376 g/mol. The smallest absolute Gasteiger partial charge is 0.306 e. The largest absolute Gasteiger partial charge is 0.466 e. The van der Waals surface area contributed by atoms with E-state index in [9.17, 15) is 9.59 Å². The maximum absolute atomic E-state index is 12.0. The van der Waals surface area contributed by atoms with Crippen LogP contribution in [0.2, 0.25) is 0 Å². The van der Waals surface area contributed by atoms with Gasteiger partial charge in [0.05, 0.1) is 13.2 Å². The number of esters is 2. The van der Waals surface area contributed by atoms with Gasteiger partial charge in [-0.15, -0.1) is 0 Å². The lowest BCUT2D eigenvalue weighted by atomic mass is 9.95. The summed E-state index contributed by atoms with van der Waals surface area (Å²) in [5.74, 6) is 0.408. The third-order valence-corrected chi connectivity index (χ3v) is 5.80. The topological polar surface area (TPSA) is 52.6 Å². The minimum Gasteiger partial charge on any atom is -0.466 e. The molecule has 1 atom stereocenters. The standard InChI is InChI=1S/C26H50O4/c1-4-7-9-17-21-29-25(27)20-16-14-12-11-13-15-19-24(6-3)23-26(28)30-22-18-10-8-5-2/h24H,4-23H2,1-3H3. The third-order valence-electron chi connectivity index (χ3n) is 5.80. The number of unbranched alkanes of at least 4 members (excludes halogenated alkanes) is 11. The highest BCUT2D eigenvalue weighted by atomic mass is 16.5. The molecule has 0 aromatic rings. The van der Waals surface area contributed by atoms with Crippen molar-refractivity contribution in [2.24, 2.45) is 5.92 Å². The maximum atomic E-state index is 12.0. The van der Waals surface area contributed by atoms with Crippen LogP contribution in [-0.2, 0) is 19.1 Å². The lowest BCUT2D eigenvalue weighted by molar-refractivity contribution is -0.145. The molecule has 30 heavy (non-hydrogen) atoms. The molecule has 0 aliphatic heterocycles. The van der Waals surface area contributed by atoms with E-state index in [1.807, 2.05) is 0 Å². The Morgan fingerprint density at radius 2 is 1.10 bits per heavy atom. The summed E-state index contributed by atoms with van der Waals surface area (Å²) < 4.78 is 10.6. The van der Waals surface area contributed by atoms with Gasteiger partial charge in [0, 0.05) is 12.8 Å². The Hall–Kier alpha value is -1.06. The summed E-state index contributed by atoms with van der Waals surface area (Å²) in [7, 11) is 0. The second-order valence-electron chi connectivity index (χ2n) is 8.70. The van der Waals surface area contributed by atoms with Crippen LogP contribution >= 0.6 is 0 Å². The van der Waals surface area contributed by atoms with Gasteiger partial charge in [-0.2, -0.15) is 0 Å². The van der Waals surface area contributed by atoms with Crippen molar-refractivity contribution in [3.8, 4) is 0 Å². The van der Waals surface area contributed by atoms with Gasteiger partial charge in [0.1, 0.15) is 0 Å². The van der Waals surface area contributed by atoms with Gasteiger partial charge in [-0.05, 0) is 31.6 Å². The molecule has 0 aromatic carbocycles. The summed E-state index contributed by atoms with van der Waals surface area (Å²) in [5.41, 5.74) is 0. The zero-order valence-electron chi connectivity index (χ0n) is 20.4. The van der Waals surface area contributed by atoms with Crippen LogP contribution in [0.15, 0.2) is 0 Å². The number of carbonyl (C=O) groups is 2. The van der Waals surface area contributed by atoms with Crippen LogP contribution in [0.1, 0.15) is 136 Å². The first-order valence-electron chi connectivity index (χ1n) is 12.9. The molecule has 0 bridgehead atoms. The van der Waals surface area contributed by atoms with Crippen molar-refractivity contribution < 1.29 is 19.1 Å². The predicted molar refractivity (Wildman–Crippen MR) is 126 cm³/mol. The minimum absolute atomic E-state index is 0.0180.